The summed E-state index contributed by atoms with van der Waals surface area (Å²) < 4.78 is 0. The highest BCUT2D eigenvalue weighted by molar-refractivity contribution is 8.00. The monoisotopic (exact) mass is 352 g/mol. The van der Waals surface area contributed by atoms with Crippen LogP contribution in [0.5, 0.6) is 0 Å². The fraction of sp³-hybridized carbons (Fsp3) is 0.375. The molecule has 0 aliphatic heterocycles. The molecule has 1 aromatic carbocycles. The molecule has 0 saturated heterocycles. The van der Waals surface area contributed by atoms with Crippen molar-refractivity contribution in [2.45, 2.75) is 43.4 Å². The zero-order valence-electron chi connectivity index (χ0n) is 13.7. The second-order valence-electron chi connectivity index (χ2n) is 5.27. The van der Waals surface area contributed by atoms with Gasteiger partial charge in [-0.2, -0.15) is 0 Å². The van der Waals surface area contributed by atoms with Crippen LogP contribution < -0.4 is 5.32 Å². The molecule has 0 radical (unpaired) electrons. The van der Waals surface area contributed by atoms with Crippen molar-refractivity contribution in [2.24, 2.45) is 0 Å². The van der Waals surface area contributed by atoms with E-state index in [2.05, 4.69) is 5.32 Å². The summed E-state index contributed by atoms with van der Waals surface area (Å²) >= 11 is 1.38. The Bertz CT molecular complexity index is 658. The molecule has 8 heteroatoms. The molecular weight excluding hydrogens is 332 g/mol. The third-order valence-corrected chi connectivity index (χ3v) is 4.07. The fourth-order valence-electron chi connectivity index (χ4n) is 1.90. The van der Waals surface area contributed by atoms with Crippen LogP contribution in [0.3, 0.4) is 0 Å². The highest BCUT2D eigenvalue weighted by Crippen LogP contribution is 2.29. The number of nitrogens with one attached hydrogen (secondary N) is 1. The number of carboxylic acids is 1. The zero-order valence-corrected chi connectivity index (χ0v) is 14.5. The summed E-state index contributed by atoms with van der Waals surface area (Å²) in [6.07, 6.45) is 3.46. The lowest BCUT2D eigenvalue weighted by atomic mass is 10.1. The van der Waals surface area contributed by atoms with Crippen LogP contribution in [0.4, 0.5) is 5.69 Å². The van der Waals surface area contributed by atoms with Gasteiger partial charge in [-0.1, -0.05) is 26.0 Å². The van der Waals surface area contributed by atoms with Crippen molar-refractivity contribution in [3.05, 3.63) is 46.0 Å². The summed E-state index contributed by atoms with van der Waals surface area (Å²) in [7, 11) is 0. The van der Waals surface area contributed by atoms with Gasteiger partial charge in [-0.05, 0) is 19.4 Å². The van der Waals surface area contributed by atoms with E-state index in [4.69, 9.17) is 0 Å². The first kappa shape index (κ1) is 19.7. The second-order valence-corrected chi connectivity index (χ2v) is 6.89. The number of carbonyl (C=O) groups is 2. The Kier molecular flexibility index (Phi) is 7.44. The molecule has 2 N–H and O–H groups in total. The van der Waals surface area contributed by atoms with Gasteiger partial charge in [0.05, 0.1) is 10.5 Å². The van der Waals surface area contributed by atoms with Crippen molar-refractivity contribution in [2.75, 3.05) is 0 Å². The van der Waals surface area contributed by atoms with Crippen LogP contribution in [0.25, 0.3) is 0 Å². The minimum atomic E-state index is -1.16. The molecule has 1 unspecified atom stereocenters. The Hall–Kier alpha value is -2.35. The first-order valence-electron chi connectivity index (χ1n) is 7.36. The van der Waals surface area contributed by atoms with Gasteiger partial charge >= 0.3 is 5.97 Å². The van der Waals surface area contributed by atoms with Crippen LogP contribution in [0.1, 0.15) is 37.6 Å². The van der Waals surface area contributed by atoms with Gasteiger partial charge in [-0.3, -0.25) is 14.9 Å². The number of allylic oxidation sites excluding steroid dienone is 1. The topological polar surface area (TPSA) is 110 Å². The van der Waals surface area contributed by atoms with Crippen LogP contribution in [0.2, 0.25) is 0 Å². The van der Waals surface area contributed by atoms with Crippen molar-refractivity contribution < 1.29 is 19.6 Å². The average Bonchev–Trinajstić information content (AvgIpc) is 2.50. The van der Waals surface area contributed by atoms with Crippen LogP contribution in [0.15, 0.2) is 35.2 Å². The van der Waals surface area contributed by atoms with Gasteiger partial charge in [0, 0.05) is 22.3 Å². The molecule has 1 atom stereocenters. The number of rotatable bonds is 8. The van der Waals surface area contributed by atoms with Gasteiger partial charge in [0.25, 0.3) is 11.6 Å². The van der Waals surface area contributed by atoms with E-state index in [1.54, 1.807) is 19.1 Å². The molecule has 130 valence electrons. The molecule has 1 amide bonds. The summed E-state index contributed by atoms with van der Waals surface area (Å²) in [5.74, 6) is -1.80. The SMILES string of the molecule is C/C=C/CC(NC(=O)c1cc([N+](=O)[O-])ccc1SC(C)C)C(=O)O. The van der Waals surface area contributed by atoms with Gasteiger partial charge < -0.3 is 10.4 Å². The molecule has 7 nitrogen and oxygen atoms in total. The lowest BCUT2D eigenvalue weighted by Gasteiger charge is -2.15. The van der Waals surface area contributed by atoms with Crippen LogP contribution in [-0.4, -0.2) is 33.2 Å². The van der Waals surface area contributed by atoms with Crippen molar-refractivity contribution >= 4 is 29.3 Å². The van der Waals surface area contributed by atoms with Crippen molar-refractivity contribution in [3.63, 3.8) is 0 Å². The number of nitro benzene ring substituents is 1. The van der Waals surface area contributed by atoms with Crippen molar-refractivity contribution in [1.82, 2.24) is 5.32 Å². The summed E-state index contributed by atoms with van der Waals surface area (Å²) in [5.41, 5.74) is -0.108. The first-order valence-corrected chi connectivity index (χ1v) is 8.24. The molecule has 0 bridgehead atoms. The third kappa shape index (κ3) is 5.69. The number of carboxylic acid groups (broad SMARTS) is 1. The first-order chi connectivity index (χ1) is 11.3. The Labute approximate surface area is 144 Å². The maximum absolute atomic E-state index is 12.5. The van der Waals surface area contributed by atoms with Gasteiger partial charge in [-0.15, -0.1) is 11.8 Å². The highest BCUT2D eigenvalue weighted by atomic mass is 32.2. The van der Waals surface area contributed by atoms with Crippen LogP contribution >= 0.6 is 11.8 Å². The summed E-state index contributed by atoms with van der Waals surface area (Å²) in [6.45, 7) is 5.61. The molecule has 0 spiro atoms. The number of aliphatic carboxylic acids is 1. The highest BCUT2D eigenvalue weighted by Gasteiger charge is 2.23. The summed E-state index contributed by atoms with van der Waals surface area (Å²) in [5, 5.41) is 22.7. The normalized spacial score (nSPS) is 12.3. The fourth-order valence-corrected chi connectivity index (χ4v) is 2.83. The van der Waals surface area contributed by atoms with E-state index in [9.17, 15) is 24.8 Å². The molecule has 0 fully saturated rings. The van der Waals surface area contributed by atoms with E-state index in [-0.39, 0.29) is 22.9 Å². The molecule has 0 heterocycles. The Morgan fingerprint density at radius 3 is 2.58 bits per heavy atom. The lowest BCUT2D eigenvalue weighted by molar-refractivity contribution is -0.384. The zero-order chi connectivity index (χ0) is 18.3. The van der Waals surface area contributed by atoms with Crippen LogP contribution in [-0.2, 0) is 4.79 Å². The maximum atomic E-state index is 12.5. The molecule has 0 aromatic heterocycles. The standard InChI is InChI=1S/C16H20N2O5S/c1-4-5-6-13(16(20)21)17-15(19)12-9-11(18(22)23)7-8-14(12)24-10(2)3/h4-5,7-10,13H,6H2,1-3H3,(H,17,19)(H,20,21)/b5-4+. The molecule has 1 aromatic rings. The number of hydrogen-bond acceptors (Lipinski definition) is 5. The second kappa shape index (κ2) is 9.07. The van der Waals surface area contributed by atoms with E-state index >= 15 is 0 Å². The number of benzene rings is 1. The number of hydrogen-bond donors (Lipinski definition) is 2. The van der Waals surface area contributed by atoms with E-state index in [0.29, 0.717) is 4.90 Å². The minimum absolute atomic E-state index is 0.106. The predicted octanol–water partition coefficient (Wildman–Crippen LogP) is 3.24. The van der Waals surface area contributed by atoms with Crippen LogP contribution in [0, 0.1) is 10.1 Å². The molecule has 0 saturated carbocycles. The smallest absolute Gasteiger partial charge is 0.326 e. The number of carbonyl (C=O) groups excluding carboxylic acids is 1. The maximum Gasteiger partial charge on any atom is 0.326 e. The third-order valence-electron chi connectivity index (χ3n) is 2.99. The van der Waals surface area contributed by atoms with Gasteiger partial charge in [-0.25, -0.2) is 4.79 Å². The molecule has 24 heavy (non-hydrogen) atoms. The molecule has 0 aliphatic carbocycles. The van der Waals surface area contributed by atoms with E-state index in [0.717, 1.165) is 0 Å². The lowest BCUT2D eigenvalue weighted by Crippen LogP contribution is -2.40. The Morgan fingerprint density at radius 1 is 1.42 bits per heavy atom. The van der Waals surface area contributed by atoms with E-state index in [1.165, 1.54) is 30.0 Å². The number of nitrogens with zero attached hydrogens (tertiary/aromatic N) is 1. The molecule has 1 rings (SSSR count). The van der Waals surface area contributed by atoms with Gasteiger partial charge in [0.15, 0.2) is 0 Å². The Morgan fingerprint density at radius 2 is 2.08 bits per heavy atom. The van der Waals surface area contributed by atoms with Gasteiger partial charge in [0.1, 0.15) is 6.04 Å². The molecule has 0 aliphatic rings. The number of amides is 1. The quantitative estimate of drug-likeness (QED) is 0.322. The van der Waals surface area contributed by atoms with Gasteiger partial charge in [0.2, 0.25) is 0 Å². The van der Waals surface area contributed by atoms with E-state index < -0.39 is 22.8 Å². The van der Waals surface area contributed by atoms with E-state index in [1.807, 2.05) is 13.8 Å². The summed E-state index contributed by atoms with van der Waals surface area (Å²) in [4.78, 5) is 34.6. The molecular formula is C16H20N2O5S. The van der Waals surface area contributed by atoms with Crippen molar-refractivity contribution in [1.29, 1.82) is 0 Å². The minimum Gasteiger partial charge on any atom is -0.480 e. The average molecular weight is 352 g/mol. The van der Waals surface area contributed by atoms with Crippen molar-refractivity contribution in [3.8, 4) is 0 Å². The Balaban J connectivity index is 3.15. The number of thioether (sulfide) groups is 1. The number of non-ortho nitro benzene ring substituents is 1. The predicted molar refractivity (Wildman–Crippen MR) is 92.4 cm³/mol. The summed E-state index contributed by atoms with van der Waals surface area (Å²) in [6, 6.07) is 2.93. The largest absolute Gasteiger partial charge is 0.480 e. The number of nitro groups is 1.